The minimum Gasteiger partial charge on any atom is -0.381 e. The Balaban J connectivity index is 1.51. The molecule has 184 valence electrons. The summed E-state index contributed by atoms with van der Waals surface area (Å²) in [5, 5.41) is 12.8. The van der Waals surface area contributed by atoms with Crippen molar-refractivity contribution in [3.63, 3.8) is 0 Å². The molecule has 4 aromatic rings. The van der Waals surface area contributed by atoms with Crippen LogP contribution >= 0.6 is 0 Å². The molecule has 0 amide bonds. The Morgan fingerprint density at radius 2 is 1.80 bits per heavy atom. The molecule has 4 heterocycles. The summed E-state index contributed by atoms with van der Waals surface area (Å²) in [4.78, 5) is 8.62. The van der Waals surface area contributed by atoms with Crippen molar-refractivity contribution in [2.24, 2.45) is 0 Å². The molecular weight excluding hydrogens is 470 g/mol. The van der Waals surface area contributed by atoms with E-state index in [2.05, 4.69) is 30.0 Å². The fourth-order valence-corrected chi connectivity index (χ4v) is 5.43. The van der Waals surface area contributed by atoms with E-state index >= 15 is 0 Å². The first-order chi connectivity index (χ1) is 16.8. The van der Waals surface area contributed by atoms with E-state index in [1.165, 1.54) is 0 Å². The smallest absolute Gasteiger partial charge is 0.238 e. The number of para-hydroxylation sites is 1. The van der Waals surface area contributed by atoms with Gasteiger partial charge >= 0.3 is 0 Å². The third kappa shape index (κ3) is 4.50. The molecule has 0 radical (unpaired) electrons. The maximum atomic E-state index is 13.4. The minimum absolute atomic E-state index is 0.0601. The van der Waals surface area contributed by atoms with Crippen LogP contribution in [0, 0.1) is 6.92 Å². The van der Waals surface area contributed by atoms with Crippen LogP contribution in [-0.4, -0.2) is 56.8 Å². The summed E-state index contributed by atoms with van der Waals surface area (Å²) in [6.45, 7) is 6.44. The minimum atomic E-state index is -3.86. The number of hydrogen-bond donors (Lipinski definition) is 1. The van der Waals surface area contributed by atoms with Gasteiger partial charge in [0.2, 0.25) is 16.0 Å². The number of fused-ring (bicyclic) bond motifs is 1. The molecule has 1 aliphatic rings. The van der Waals surface area contributed by atoms with Gasteiger partial charge in [-0.3, -0.25) is 9.29 Å². The summed E-state index contributed by atoms with van der Waals surface area (Å²) in [5.74, 6) is 0.616. The normalized spacial score (nSPS) is 16.9. The van der Waals surface area contributed by atoms with Crippen molar-refractivity contribution >= 4 is 26.9 Å². The number of aromatic nitrogens is 6. The third-order valence-corrected chi connectivity index (χ3v) is 8.33. The molecule has 35 heavy (non-hydrogen) atoms. The first-order valence-electron chi connectivity index (χ1n) is 11.5. The Hall–Kier alpha value is -3.38. The van der Waals surface area contributed by atoms with Gasteiger partial charge in [-0.2, -0.15) is 0 Å². The maximum absolute atomic E-state index is 13.4. The Labute approximate surface area is 203 Å². The monoisotopic (exact) mass is 497 g/mol. The molecule has 0 saturated carbocycles. The lowest BCUT2D eigenvalue weighted by molar-refractivity contribution is 0.0704. The van der Waals surface area contributed by atoms with Gasteiger partial charge in [-0.05, 0) is 44.4 Å². The molecule has 0 spiro atoms. The largest absolute Gasteiger partial charge is 0.381 e. The van der Waals surface area contributed by atoms with E-state index in [1.807, 2.05) is 35.8 Å². The first kappa shape index (κ1) is 23.4. The van der Waals surface area contributed by atoms with Crippen molar-refractivity contribution in [3.8, 4) is 11.5 Å². The number of rotatable bonds is 7. The van der Waals surface area contributed by atoms with Crippen LogP contribution in [0.15, 0.2) is 41.2 Å². The lowest BCUT2D eigenvalue weighted by atomic mass is 10.1. The van der Waals surface area contributed by atoms with Gasteiger partial charge in [0.15, 0.2) is 17.1 Å². The van der Waals surface area contributed by atoms with E-state index in [0.29, 0.717) is 49.0 Å². The molecule has 3 aromatic heterocycles. The summed E-state index contributed by atoms with van der Waals surface area (Å²) < 4.78 is 42.3. The number of aryl methyl sites for hydroxylation is 1. The Morgan fingerprint density at radius 1 is 1.09 bits per heavy atom. The van der Waals surface area contributed by atoms with Crippen LogP contribution in [0.4, 0.5) is 5.95 Å². The zero-order chi connectivity index (χ0) is 24.6. The Bertz CT molecular complexity index is 1430. The fraction of sp³-hybridized carbons (Fsp3) is 0.435. The molecule has 1 aromatic carbocycles. The molecule has 0 aliphatic carbocycles. The fourth-order valence-electron chi connectivity index (χ4n) is 4.20. The second kappa shape index (κ2) is 9.34. The van der Waals surface area contributed by atoms with Crippen molar-refractivity contribution in [2.75, 3.05) is 17.9 Å². The molecule has 11 nitrogen and oxygen atoms in total. The second-order valence-electron chi connectivity index (χ2n) is 8.85. The number of hydrogen-bond acceptors (Lipinski definition) is 9. The number of benzene rings is 1. The van der Waals surface area contributed by atoms with Crippen molar-refractivity contribution < 1.29 is 17.7 Å². The molecule has 1 saturated heterocycles. The van der Waals surface area contributed by atoms with Crippen molar-refractivity contribution in [2.45, 2.75) is 50.8 Å². The van der Waals surface area contributed by atoms with Crippen LogP contribution in [0.5, 0.6) is 0 Å². The van der Waals surface area contributed by atoms with Gasteiger partial charge in [0.25, 0.3) is 0 Å². The van der Waals surface area contributed by atoms with Crippen LogP contribution < -0.4 is 4.72 Å². The molecule has 2 atom stereocenters. The van der Waals surface area contributed by atoms with Crippen LogP contribution in [-0.2, 0) is 14.8 Å². The van der Waals surface area contributed by atoms with Gasteiger partial charge in [0.05, 0.1) is 10.6 Å². The van der Waals surface area contributed by atoms with Crippen LogP contribution in [0.3, 0.4) is 0 Å². The molecule has 5 rings (SSSR count). The summed E-state index contributed by atoms with van der Waals surface area (Å²) in [6.07, 6.45) is 4.75. The topological polar surface area (TPSA) is 138 Å². The number of ether oxygens (including phenoxy) is 1. The maximum Gasteiger partial charge on any atom is 0.238 e. The van der Waals surface area contributed by atoms with Gasteiger partial charge in [-0.1, -0.05) is 24.2 Å². The van der Waals surface area contributed by atoms with Crippen LogP contribution in [0.2, 0.25) is 0 Å². The van der Waals surface area contributed by atoms with E-state index in [4.69, 9.17) is 9.26 Å². The lowest BCUT2D eigenvalue weighted by Crippen LogP contribution is -2.32. The predicted molar refractivity (Wildman–Crippen MR) is 129 cm³/mol. The predicted octanol–water partition coefficient (Wildman–Crippen LogP) is 3.47. The average molecular weight is 498 g/mol. The zero-order valence-electron chi connectivity index (χ0n) is 19.7. The number of nitrogens with zero attached hydrogens (tertiary/aromatic N) is 6. The van der Waals surface area contributed by atoms with E-state index in [9.17, 15) is 8.42 Å². The summed E-state index contributed by atoms with van der Waals surface area (Å²) >= 11 is 0. The molecule has 0 bridgehead atoms. The average Bonchev–Trinajstić information content (AvgIpc) is 3.47. The molecule has 2 unspecified atom stereocenters. The standard InChI is InChI=1S/C23H27N7O4S/c1-14-12-24-21(25-13-14)15(2)16(3)35(31,32)29-23-27-26-22(30(23)17-8-10-33-11-9-17)20-18-6-4-5-7-19(18)34-28-20/h4-7,12-13,15-17H,8-11H2,1-3H3,(H,27,29). The molecular formula is C23H27N7O4S. The van der Waals surface area contributed by atoms with Crippen molar-refractivity contribution in [1.29, 1.82) is 0 Å². The van der Waals surface area contributed by atoms with Crippen LogP contribution in [0.25, 0.3) is 22.5 Å². The van der Waals surface area contributed by atoms with Gasteiger partial charge in [-0.25, -0.2) is 18.4 Å². The molecule has 12 heteroatoms. The van der Waals surface area contributed by atoms with E-state index < -0.39 is 21.2 Å². The highest BCUT2D eigenvalue weighted by molar-refractivity contribution is 7.93. The summed E-state index contributed by atoms with van der Waals surface area (Å²) in [7, 11) is -3.86. The van der Waals surface area contributed by atoms with Gasteiger partial charge in [0, 0.05) is 37.6 Å². The third-order valence-electron chi connectivity index (χ3n) is 6.48. The van der Waals surface area contributed by atoms with Crippen molar-refractivity contribution in [3.05, 3.63) is 48.0 Å². The van der Waals surface area contributed by atoms with E-state index in [-0.39, 0.29) is 12.0 Å². The quantitative estimate of drug-likeness (QED) is 0.407. The van der Waals surface area contributed by atoms with Gasteiger partial charge in [0.1, 0.15) is 5.82 Å². The summed E-state index contributed by atoms with van der Waals surface area (Å²) in [6, 6.07) is 7.40. The van der Waals surface area contributed by atoms with E-state index in [1.54, 1.807) is 26.2 Å². The van der Waals surface area contributed by atoms with Gasteiger partial charge in [-0.15, -0.1) is 10.2 Å². The van der Waals surface area contributed by atoms with Crippen molar-refractivity contribution in [1.82, 2.24) is 29.9 Å². The zero-order valence-corrected chi connectivity index (χ0v) is 20.6. The highest BCUT2D eigenvalue weighted by Gasteiger charge is 2.33. The molecule has 1 aliphatic heterocycles. The SMILES string of the molecule is Cc1cnc(C(C)C(C)S(=O)(=O)Nc2nnc(-c3noc4ccccc34)n2C2CCOCC2)nc1. The summed E-state index contributed by atoms with van der Waals surface area (Å²) in [5.41, 5.74) is 2.04. The number of nitrogens with one attached hydrogen (secondary N) is 1. The van der Waals surface area contributed by atoms with Gasteiger partial charge < -0.3 is 9.26 Å². The first-order valence-corrected chi connectivity index (χ1v) is 13.1. The Morgan fingerprint density at radius 3 is 2.54 bits per heavy atom. The second-order valence-corrected chi connectivity index (χ2v) is 10.9. The lowest BCUT2D eigenvalue weighted by Gasteiger charge is -2.26. The van der Waals surface area contributed by atoms with E-state index in [0.717, 1.165) is 10.9 Å². The molecule has 1 fully saturated rings. The molecule has 1 N–H and O–H groups in total. The highest BCUT2D eigenvalue weighted by atomic mass is 32.2. The number of sulfonamides is 1. The number of anilines is 1. The Kier molecular flexibility index (Phi) is 6.24. The highest BCUT2D eigenvalue weighted by Crippen LogP contribution is 2.34. The van der Waals surface area contributed by atoms with Crippen LogP contribution in [0.1, 0.15) is 50.0 Å².